The number of hydrogen-bond donors (Lipinski definition) is 1. The lowest BCUT2D eigenvalue weighted by molar-refractivity contribution is -0.135. The fraction of sp³-hybridized carbons (Fsp3) is 0.238. The Bertz CT molecular complexity index is 944. The van der Waals surface area contributed by atoms with Crippen molar-refractivity contribution in [3.8, 4) is 5.75 Å². The first kappa shape index (κ1) is 16.4. The summed E-state index contributed by atoms with van der Waals surface area (Å²) in [4.78, 5) is 16.1. The summed E-state index contributed by atoms with van der Waals surface area (Å²) in [7, 11) is 0. The number of amidine groups is 1. The minimum atomic E-state index is -0.271. The summed E-state index contributed by atoms with van der Waals surface area (Å²) in [5, 5.41) is 3.23. The van der Waals surface area contributed by atoms with Crippen LogP contribution in [-0.2, 0) is 16.1 Å². The number of carbonyl (C=O) groups is 1. The minimum absolute atomic E-state index is 0.271. The van der Waals surface area contributed by atoms with Gasteiger partial charge in [-0.3, -0.25) is 4.99 Å². The van der Waals surface area contributed by atoms with E-state index in [-0.39, 0.29) is 5.97 Å². The van der Waals surface area contributed by atoms with E-state index in [9.17, 15) is 4.79 Å². The molecule has 2 aromatic rings. The van der Waals surface area contributed by atoms with Crippen LogP contribution in [0.15, 0.2) is 58.7 Å². The van der Waals surface area contributed by atoms with E-state index >= 15 is 0 Å². The van der Waals surface area contributed by atoms with E-state index in [1.807, 2.05) is 37.3 Å². The molecule has 4 rings (SSSR count). The van der Waals surface area contributed by atoms with Crippen molar-refractivity contribution in [1.29, 1.82) is 0 Å². The normalized spacial score (nSPS) is 15.9. The van der Waals surface area contributed by atoms with Gasteiger partial charge in [0, 0.05) is 5.56 Å². The summed E-state index contributed by atoms with van der Waals surface area (Å²) >= 11 is 0. The summed E-state index contributed by atoms with van der Waals surface area (Å²) in [5.41, 5.74) is 5.91. The lowest BCUT2D eigenvalue weighted by Gasteiger charge is -2.18. The number of aliphatic imine (C=N–C) groups is 1. The van der Waals surface area contributed by atoms with Gasteiger partial charge in [-0.05, 0) is 48.7 Å². The molecule has 2 aliphatic rings. The van der Waals surface area contributed by atoms with E-state index in [0.29, 0.717) is 25.3 Å². The maximum Gasteiger partial charge on any atom is 0.338 e. The zero-order valence-electron chi connectivity index (χ0n) is 14.8. The number of hydrogen-bond acceptors (Lipinski definition) is 5. The molecule has 0 saturated heterocycles. The molecule has 0 fully saturated rings. The number of ether oxygens (including phenoxy) is 2. The quantitative estimate of drug-likeness (QED) is 0.863. The fourth-order valence-corrected chi connectivity index (χ4v) is 3.12. The minimum Gasteiger partial charge on any atom is -0.489 e. The largest absolute Gasteiger partial charge is 0.489 e. The smallest absolute Gasteiger partial charge is 0.338 e. The van der Waals surface area contributed by atoms with Gasteiger partial charge in [-0.1, -0.05) is 24.3 Å². The second-order valence-electron chi connectivity index (χ2n) is 6.51. The molecule has 5 nitrogen and oxygen atoms in total. The summed E-state index contributed by atoms with van der Waals surface area (Å²) in [6.45, 7) is 5.31. The average molecular weight is 348 g/mol. The van der Waals surface area contributed by atoms with Crippen LogP contribution in [0.3, 0.4) is 0 Å². The molecule has 0 saturated carbocycles. The van der Waals surface area contributed by atoms with Crippen molar-refractivity contribution < 1.29 is 14.3 Å². The van der Waals surface area contributed by atoms with Gasteiger partial charge in [-0.2, -0.15) is 0 Å². The first-order valence-electron chi connectivity index (χ1n) is 8.61. The number of benzene rings is 2. The molecule has 2 aromatic carbocycles. The Hall–Kier alpha value is -3.08. The molecule has 0 radical (unpaired) electrons. The van der Waals surface area contributed by atoms with Crippen molar-refractivity contribution in [2.75, 3.05) is 13.2 Å². The van der Waals surface area contributed by atoms with E-state index in [1.165, 1.54) is 11.1 Å². The first-order chi connectivity index (χ1) is 12.6. The van der Waals surface area contributed by atoms with Crippen molar-refractivity contribution in [3.05, 3.63) is 76.0 Å². The molecule has 0 unspecified atom stereocenters. The van der Waals surface area contributed by atoms with Gasteiger partial charge < -0.3 is 14.8 Å². The Labute approximate surface area is 152 Å². The highest BCUT2D eigenvalue weighted by Crippen LogP contribution is 2.23. The van der Waals surface area contributed by atoms with E-state index in [2.05, 4.69) is 29.4 Å². The highest BCUT2D eigenvalue weighted by molar-refractivity contribution is 6.04. The number of esters is 1. The monoisotopic (exact) mass is 348 g/mol. The zero-order valence-corrected chi connectivity index (χ0v) is 14.8. The maximum absolute atomic E-state index is 11.6. The molecule has 5 heteroatoms. The SMILES string of the molecule is Cc1ccccc1COc1ccc(C2=NCC3=C(COC3=O)N2)c(C)c1. The number of nitrogens with zero attached hydrogens (tertiary/aromatic N) is 1. The zero-order chi connectivity index (χ0) is 18.1. The van der Waals surface area contributed by atoms with Crippen molar-refractivity contribution in [3.63, 3.8) is 0 Å². The van der Waals surface area contributed by atoms with Crippen LogP contribution in [0.25, 0.3) is 0 Å². The molecule has 0 bridgehead atoms. The van der Waals surface area contributed by atoms with Crippen LogP contribution in [0.5, 0.6) is 5.75 Å². The van der Waals surface area contributed by atoms with Gasteiger partial charge in [0.05, 0.1) is 17.8 Å². The van der Waals surface area contributed by atoms with Crippen LogP contribution >= 0.6 is 0 Å². The van der Waals surface area contributed by atoms with Gasteiger partial charge in [0.25, 0.3) is 0 Å². The van der Waals surface area contributed by atoms with Crippen molar-refractivity contribution >= 4 is 11.8 Å². The molecule has 26 heavy (non-hydrogen) atoms. The van der Waals surface area contributed by atoms with Crippen LogP contribution in [0.1, 0.15) is 22.3 Å². The van der Waals surface area contributed by atoms with Crippen LogP contribution in [0.4, 0.5) is 0 Å². The molecule has 0 aromatic heterocycles. The second kappa shape index (κ2) is 6.67. The van der Waals surface area contributed by atoms with E-state index < -0.39 is 0 Å². The Morgan fingerprint density at radius 1 is 1.15 bits per heavy atom. The predicted molar refractivity (Wildman–Crippen MR) is 99.2 cm³/mol. The fourth-order valence-electron chi connectivity index (χ4n) is 3.12. The van der Waals surface area contributed by atoms with Crippen molar-refractivity contribution in [2.45, 2.75) is 20.5 Å². The van der Waals surface area contributed by atoms with Gasteiger partial charge in [0.1, 0.15) is 24.8 Å². The third-order valence-electron chi connectivity index (χ3n) is 4.73. The van der Waals surface area contributed by atoms with Crippen molar-refractivity contribution in [2.24, 2.45) is 4.99 Å². The highest BCUT2D eigenvalue weighted by Gasteiger charge is 2.28. The van der Waals surface area contributed by atoms with Crippen LogP contribution < -0.4 is 10.1 Å². The molecule has 2 heterocycles. The molecular formula is C21H20N2O3. The van der Waals surface area contributed by atoms with Gasteiger partial charge in [-0.15, -0.1) is 0 Å². The molecule has 0 atom stereocenters. The molecule has 0 spiro atoms. The van der Waals surface area contributed by atoms with E-state index in [4.69, 9.17) is 9.47 Å². The van der Waals surface area contributed by atoms with Crippen LogP contribution in [0, 0.1) is 13.8 Å². The van der Waals surface area contributed by atoms with Gasteiger partial charge >= 0.3 is 5.97 Å². The average Bonchev–Trinajstić information content (AvgIpc) is 3.01. The molecular weight excluding hydrogens is 328 g/mol. The molecule has 1 N–H and O–H groups in total. The Kier molecular flexibility index (Phi) is 4.21. The first-order valence-corrected chi connectivity index (χ1v) is 8.61. The summed E-state index contributed by atoms with van der Waals surface area (Å²) in [6, 6.07) is 14.2. The van der Waals surface area contributed by atoms with Gasteiger partial charge in [0.15, 0.2) is 0 Å². The highest BCUT2D eigenvalue weighted by atomic mass is 16.5. The molecule has 132 valence electrons. The molecule has 0 amide bonds. The van der Waals surface area contributed by atoms with E-state index in [1.54, 1.807) is 0 Å². The second-order valence-corrected chi connectivity index (χ2v) is 6.51. The number of nitrogens with one attached hydrogen (secondary N) is 1. The Morgan fingerprint density at radius 3 is 2.81 bits per heavy atom. The summed E-state index contributed by atoms with van der Waals surface area (Å²) in [5.74, 6) is 1.32. The van der Waals surface area contributed by atoms with E-state index in [0.717, 1.165) is 28.4 Å². The number of rotatable bonds is 4. The van der Waals surface area contributed by atoms with Crippen molar-refractivity contribution in [1.82, 2.24) is 5.32 Å². The predicted octanol–water partition coefficient (Wildman–Crippen LogP) is 3.04. The topological polar surface area (TPSA) is 59.9 Å². The third-order valence-corrected chi connectivity index (χ3v) is 4.73. The summed E-state index contributed by atoms with van der Waals surface area (Å²) in [6.07, 6.45) is 0. The van der Waals surface area contributed by atoms with Crippen LogP contribution in [0.2, 0.25) is 0 Å². The lowest BCUT2D eigenvalue weighted by atomic mass is 10.1. The third kappa shape index (κ3) is 3.08. The number of aryl methyl sites for hydroxylation is 2. The molecule has 2 aliphatic heterocycles. The Morgan fingerprint density at radius 2 is 2.00 bits per heavy atom. The lowest BCUT2D eigenvalue weighted by Crippen LogP contribution is -2.30. The van der Waals surface area contributed by atoms with Gasteiger partial charge in [-0.25, -0.2) is 4.79 Å². The van der Waals surface area contributed by atoms with Gasteiger partial charge in [0.2, 0.25) is 0 Å². The molecule has 0 aliphatic carbocycles. The van der Waals surface area contributed by atoms with Crippen LogP contribution in [-0.4, -0.2) is 25.0 Å². The standard InChI is InChI=1S/C21H20N2O3/c1-13-5-3-4-6-15(13)11-25-16-7-8-17(14(2)9-16)20-22-10-18-19(23-20)12-26-21(18)24/h3-9H,10-12H2,1-2H3,(H,22,23). The number of cyclic esters (lactones) is 1. The number of carbonyl (C=O) groups excluding carboxylic acids is 1. The Balaban J connectivity index is 1.48. The maximum atomic E-state index is 11.6. The summed E-state index contributed by atoms with van der Waals surface area (Å²) < 4.78 is 11.0.